The number of carbonyl (C=O) groups is 2. The lowest BCUT2D eigenvalue weighted by atomic mass is 10.1. The number of thiazole rings is 1. The zero-order valence-corrected chi connectivity index (χ0v) is 11.8. The van der Waals surface area contributed by atoms with Crippen LogP contribution in [0.1, 0.15) is 30.3 Å². The second kappa shape index (κ2) is 6.01. The van der Waals surface area contributed by atoms with Crippen molar-refractivity contribution in [1.29, 1.82) is 0 Å². The molecule has 1 aromatic rings. The number of amides is 1. The predicted molar refractivity (Wildman–Crippen MR) is 72.4 cm³/mol. The Balaban J connectivity index is 1.93. The number of hydrogen-bond acceptors (Lipinski definition) is 6. The van der Waals surface area contributed by atoms with Crippen LogP contribution in [-0.4, -0.2) is 48.0 Å². The van der Waals surface area contributed by atoms with Crippen LogP contribution in [0.4, 0.5) is 5.13 Å². The Kier molecular flexibility index (Phi) is 4.36. The Morgan fingerprint density at radius 2 is 2.47 bits per heavy atom. The van der Waals surface area contributed by atoms with E-state index in [1.54, 1.807) is 24.3 Å². The molecule has 104 valence electrons. The lowest BCUT2D eigenvalue weighted by Crippen LogP contribution is -2.43. The number of nitrogens with zero attached hydrogens (tertiary/aromatic N) is 2. The molecule has 0 bridgehead atoms. The van der Waals surface area contributed by atoms with E-state index in [0.29, 0.717) is 30.4 Å². The Hall–Kier alpha value is -1.63. The van der Waals surface area contributed by atoms with Gasteiger partial charge in [-0.25, -0.2) is 9.78 Å². The monoisotopic (exact) mass is 283 g/mol. The number of ether oxygens (including phenoxy) is 1. The predicted octanol–water partition coefficient (Wildman–Crippen LogP) is 1.35. The summed E-state index contributed by atoms with van der Waals surface area (Å²) in [6.45, 7) is 2.76. The first-order chi connectivity index (χ1) is 9.10. The van der Waals surface area contributed by atoms with E-state index in [9.17, 15) is 9.59 Å². The molecule has 19 heavy (non-hydrogen) atoms. The number of rotatable bonds is 4. The second-order valence-electron chi connectivity index (χ2n) is 4.41. The maximum Gasteiger partial charge on any atom is 0.357 e. The first kappa shape index (κ1) is 13.8. The van der Waals surface area contributed by atoms with Gasteiger partial charge in [0.1, 0.15) is 0 Å². The molecule has 0 radical (unpaired) electrons. The summed E-state index contributed by atoms with van der Waals surface area (Å²) in [4.78, 5) is 28.8. The van der Waals surface area contributed by atoms with Crippen molar-refractivity contribution in [3.8, 4) is 0 Å². The molecule has 0 saturated carbocycles. The Bertz CT molecular complexity index is 475. The number of aromatic nitrogens is 1. The van der Waals surface area contributed by atoms with E-state index in [-0.39, 0.29) is 11.9 Å². The minimum atomic E-state index is -0.400. The Labute approximate surface area is 115 Å². The average molecular weight is 283 g/mol. The summed E-state index contributed by atoms with van der Waals surface area (Å²) >= 11 is 1.37. The summed E-state index contributed by atoms with van der Waals surface area (Å²) < 4.78 is 4.89. The maximum atomic E-state index is 11.5. The minimum absolute atomic E-state index is 0.171. The molecule has 1 saturated heterocycles. The van der Waals surface area contributed by atoms with Gasteiger partial charge in [-0.05, 0) is 13.3 Å². The molecule has 1 atom stereocenters. The summed E-state index contributed by atoms with van der Waals surface area (Å²) in [5, 5.41) is 5.62. The molecule has 0 spiro atoms. The molecule has 1 amide bonds. The third-order valence-electron chi connectivity index (χ3n) is 2.94. The smallest absolute Gasteiger partial charge is 0.357 e. The van der Waals surface area contributed by atoms with E-state index in [4.69, 9.17) is 4.74 Å². The largest absolute Gasteiger partial charge is 0.461 e. The van der Waals surface area contributed by atoms with Crippen LogP contribution in [0.25, 0.3) is 0 Å². The van der Waals surface area contributed by atoms with Gasteiger partial charge in [0.2, 0.25) is 5.91 Å². The van der Waals surface area contributed by atoms with Gasteiger partial charge in [0.15, 0.2) is 10.8 Å². The number of esters is 1. The van der Waals surface area contributed by atoms with E-state index < -0.39 is 5.97 Å². The fraction of sp³-hybridized carbons (Fsp3) is 0.583. The summed E-state index contributed by atoms with van der Waals surface area (Å²) in [6, 6.07) is 0.184. The van der Waals surface area contributed by atoms with Crippen molar-refractivity contribution < 1.29 is 14.3 Å². The Morgan fingerprint density at radius 3 is 3.16 bits per heavy atom. The molecule has 1 aliphatic rings. The molecule has 7 heteroatoms. The summed E-state index contributed by atoms with van der Waals surface area (Å²) in [6.07, 6.45) is 1.34. The van der Waals surface area contributed by atoms with Crippen LogP contribution in [0.2, 0.25) is 0 Å². The van der Waals surface area contributed by atoms with Crippen molar-refractivity contribution in [1.82, 2.24) is 9.88 Å². The zero-order valence-electron chi connectivity index (χ0n) is 11.0. The molecule has 2 heterocycles. The van der Waals surface area contributed by atoms with Gasteiger partial charge in [-0.15, -0.1) is 11.3 Å². The highest BCUT2D eigenvalue weighted by molar-refractivity contribution is 7.13. The van der Waals surface area contributed by atoms with Gasteiger partial charge in [-0.2, -0.15) is 0 Å². The van der Waals surface area contributed by atoms with Crippen LogP contribution in [0.5, 0.6) is 0 Å². The quantitative estimate of drug-likeness (QED) is 0.845. The van der Waals surface area contributed by atoms with Crippen molar-refractivity contribution in [3.63, 3.8) is 0 Å². The SMILES string of the molecule is CCOC(=O)c1csc(NC2CCC(=O)N(C)C2)n1. The van der Waals surface area contributed by atoms with Gasteiger partial charge >= 0.3 is 5.97 Å². The number of likely N-dealkylation sites (N-methyl/N-ethyl adjacent to an activating group) is 1. The zero-order chi connectivity index (χ0) is 13.8. The fourth-order valence-electron chi connectivity index (χ4n) is 1.94. The molecule has 0 aromatic carbocycles. The van der Waals surface area contributed by atoms with Gasteiger partial charge in [0.25, 0.3) is 0 Å². The number of anilines is 1. The lowest BCUT2D eigenvalue weighted by Gasteiger charge is -2.29. The van der Waals surface area contributed by atoms with Crippen molar-refractivity contribution in [2.24, 2.45) is 0 Å². The molecule has 6 nitrogen and oxygen atoms in total. The van der Waals surface area contributed by atoms with Crippen molar-refractivity contribution in [2.45, 2.75) is 25.8 Å². The second-order valence-corrected chi connectivity index (χ2v) is 5.27. The highest BCUT2D eigenvalue weighted by atomic mass is 32.1. The highest BCUT2D eigenvalue weighted by Crippen LogP contribution is 2.20. The molecule has 1 aromatic heterocycles. The fourth-order valence-corrected chi connectivity index (χ4v) is 2.70. The van der Waals surface area contributed by atoms with Gasteiger partial charge in [-0.1, -0.05) is 0 Å². The Morgan fingerprint density at radius 1 is 1.68 bits per heavy atom. The average Bonchev–Trinajstić information content (AvgIpc) is 2.83. The molecule has 2 rings (SSSR count). The molecular weight excluding hydrogens is 266 g/mol. The van der Waals surface area contributed by atoms with Crippen LogP contribution in [0.3, 0.4) is 0 Å². The minimum Gasteiger partial charge on any atom is -0.461 e. The lowest BCUT2D eigenvalue weighted by molar-refractivity contribution is -0.132. The molecular formula is C12H17N3O3S. The third-order valence-corrected chi connectivity index (χ3v) is 3.72. The summed E-state index contributed by atoms with van der Waals surface area (Å²) in [5.74, 6) is -0.229. The van der Waals surface area contributed by atoms with Crippen LogP contribution < -0.4 is 5.32 Å². The van der Waals surface area contributed by atoms with Crippen molar-refractivity contribution >= 4 is 28.3 Å². The van der Waals surface area contributed by atoms with Gasteiger partial charge < -0.3 is 15.0 Å². The van der Waals surface area contributed by atoms with Gasteiger partial charge in [0, 0.05) is 31.4 Å². The van der Waals surface area contributed by atoms with Gasteiger partial charge in [0.05, 0.1) is 6.61 Å². The standard InChI is InChI=1S/C12H17N3O3S/c1-3-18-11(17)9-7-19-12(14-9)13-8-4-5-10(16)15(2)6-8/h7-8H,3-6H2,1-2H3,(H,13,14). The first-order valence-electron chi connectivity index (χ1n) is 6.23. The molecule has 1 fully saturated rings. The maximum absolute atomic E-state index is 11.5. The number of piperidine rings is 1. The number of likely N-dealkylation sites (tertiary alicyclic amines) is 1. The van der Waals surface area contributed by atoms with E-state index >= 15 is 0 Å². The number of hydrogen-bond donors (Lipinski definition) is 1. The molecule has 0 aliphatic carbocycles. The summed E-state index contributed by atoms with van der Waals surface area (Å²) in [7, 11) is 1.79. The van der Waals surface area contributed by atoms with Gasteiger partial charge in [-0.3, -0.25) is 4.79 Å². The van der Waals surface area contributed by atoms with Crippen molar-refractivity contribution in [3.05, 3.63) is 11.1 Å². The normalized spacial score (nSPS) is 19.4. The highest BCUT2D eigenvalue weighted by Gasteiger charge is 2.23. The van der Waals surface area contributed by atoms with Crippen LogP contribution in [0.15, 0.2) is 5.38 Å². The van der Waals surface area contributed by atoms with Crippen LogP contribution in [0, 0.1) is 0 Å². The summed E-state index contributed by atoms with van der Waals surface area (Å²) in [5.41, 5.74) is 0.328. The van der Waals surface area contributed by atoms with Crippen LogP contribution in [-0.2, 0) is 9.53 Å². The van der Waals surface area contributed by atoms with Crippen molar-refractivity contribution in [2.75, 3.05) is 25.5 Å². The van der Waals surface area contributed by atoms with E-state index in [1.165, 1.54) is 11.3 Å². The number of carbonyl (C=O) groups excluding carboxylic acids is 2. The topological polar surface area (TPSA) is 71.5 Å². The van der Waals surface area contributed by atoms with E-state index in [0.717, 1.165) is 6.42 Å². The molecule has 1 N–H and O–H groups in total. The number of nitrogens with one attached hydrogen (secondary N) is 1. The third kappa shape index (κ3) is 3.44. The molecule has 1 unspecified atom stereocenters. The van der Waals surface area contributed by atoms with Crippen LogP contribution >= 0.6 is 11.3 Å². The first-order valence-corrected chi connectivity index (χ1v) is 7.11. The van der Waals surface area contributed by atoms with E-state index in [2.05, 4.69) is 10.3 Å². The van der Waals surface area contributed by atoms with E-state index in [1.807, 2.05) is 0 Å². The molecule has 1 aliphatic heterocycles.